The lowest BCUT2D eigenvalue weighted by Gasteiger charge is -2.08. The van der Waals surface area contributed by atoms with Crippen molar-refractivity contribution in [3.05, 3.63) is 54.4 Å². The number of nitrogens with zero attached hydrogens (tertiary/aromatic N) is 1. The number of benzene rings is 1. The summed E-state index contributed by atoms with van der Waals surface area (Å²) < 4.78 is 24.3. The van der Waals surface area contributed by atoms with E-state index in [4.69, 9.17) is 0 Å². The molecule has 1 heterocycles. The van der Waals surface area contributed by atoms with Gasteiger partial charge in [-0.2, -0.15) is 8.78 Å². The number of anilines is 2. The third kappa shape index (κ3) is 4.07. The van der Waals surface area contributed by atoms with Crippen LogP contribution in [0.25, 0.3) is 0 Å². The molecule has 1 aromatic heterocycles. The van der Waals surface area contributed by atoms with Gasteiger partial charge in [0.15, 0.2) is 0 Å². The lowest BCUT2D eigenvalue weighted by atomic mass is 10.2. The van der Waals surface area contributed by atoms with E-state index in [1.807, 2.05) is 5.32 Å². The number of hydrogen-bond donors (Lipinski definition) is 2. The molecule has 0 aliphatic rings. The Bertz CT molecular complexity index is 648. The minimum Gasteiger partial charge on any atom is -0.322 e. The Balaban J connectivity index is 2.10. The Labute approximate surface area is 119 Å². The van der Waals surface area contributed by atoms with E-state index in [9.17, 15) is 18.4 Å². The molecule has 2 amide bonds. The molecule has 0 aliphatic heterocycles. The van der Waals surface area contributed by atoms with Crippen LogP contribution in [0.5, 0.6) is 0 Å². The fourth-order valence-corrected chi connectivity index (χ4v) is 1.57. The predicted octanol–water partition coefficient (Wildman–Crippen LogP) is 2.54. The lowest BCUT2D eigenvalue weighted by Crippen LogP contribution is -2.20. The Morgan fingerprint density at radius 2 is 1.71 bits per heavy atom. The molecule has 0 atom stereocenters. The van der Waals surface area contributed by atoms with Crippen LogP contribution in [0, 0.1) is 0 Å². The first-order valence-corrected chi connectivity index (χ1v) is 5.97. The Kier molecular flexibility index (Phi) is 4.55. The maximum atomic E-state index is 12.2. The summed E-state index contributed by atoms with van der Waals surface area (Å²) in [4.78, 5) is 26.7. The molecular formula is C14H11F2N3O2. The third-order valence-corrected chi connectivity index (χ3v) is 2.53. The highest BCUT2D eigenvalue weighted by molar-refractivity contribution is 6.05. The normalized spacial score (nSPS) is 10.2. The van der Waals surface area contributed by atoms with Crippen LogP contribution >= 0.6 is 0 Å². The summed E-state index contributed by atoms with van der Waals surface area (Å²) in [7, 11) is 0. The van der Waals surface area contributed by atoms with Crippen molar-refractivity contribution >= 4 is 23.2 Å². The summed E-state index contributed by atoms with van der Waals surface area (Å²) in [5.74, 6) is -1.84. The van der Waals surface area contributed by atoms with Crippen molar-refractivity contribution in [3.63, 3.8) is 0 Å². The highest BCUT2D eigenvalue weighted by atomic mass is 19.3. The van der Waals surface area contributed by atoms with Gasteiger partial charge in [-0.3, -0.25) is 14.6 Å². The first-order chi connectivity index (χ1) is 10.1. The lowest BCUT2D eigenvalue weighted by molar-refractivity contribution is -0.126. The topological polar surface area (TPSA) is 71.1 Å². The highest BCUT2D eigenvalue weighted by Gasteiger charge is 2.15. The second-order valence-corrected chi connectivity index (χ2v) is 4.06. The van der Waals surface area contributed by atoms with Gasteiger partial charge >= 0.3 is 6.43 Å². The van der Waals surface area contributed by atoms with Gasteiger partial charge in [0, 0.05) is 29.3 Å². The van der Waals surface area contributed by atoms with Crippen LogP contribution < -0.4 is 10.6 Å². The molecule has 0 spiro atoms. The minimum atomic E-state index is -3.11. The fourth-order valence-electron chi connectivity index (χ4n) is 1.57. The standard InChI is InChI=1S/C14H11F2N3O2/c15-12(16)14(21)19-11-3-1-2-9(8-11)13(20)18-10-4-6-17-7-5-10/h1-8,12H,(H,19,21)(H,17,18,20). The largest absolute Gasteiger partial charge is 0.322 e. The van der Waals surface area contributed by atoms with Gasteiger partial charge in [-0.1, -0.05) is 6.07 Å². The van der Waals surface area contributed by atoms with Gasteiger partial charge in [-0.15, -0.1) is 0 Å². The zero-order valence-corrected chi connectivity index (χ0v) is 10.7. The SMILES string of the molecule is O=C(Nc1ccncc1)c1cccc(NC(=O)C(F)F)c1. The van der Waals surface area contributed by atoms with E-state index >= 15 is 0 Å². The van der Waals surface area contributed by atoms with Gasteiger partial charge in [-0.25, -0.2) is 0 Å². The molecular weight excluding hydrogens is 280 g/mol. The van der Waals surface area contributed by atoms with Gasteiger partial charge in [0.2, 0.25) is 0 Å². The molecule has 5 nitrogen and oxygen atoms in total. The molecule has 2 N–H and O–H groups in total. The Morgan fingerprint density at radius 1 is 1.00 bits per heavy atom. The van der Waals surface area contributed by atoms with Crippen LogP contribution in [0.15, 0.2) is 48.8 Å². The van der Waals surface area contributed by atoms with Crippen molar-refractivity contribution in [3.8, 4) is 0 Å². The highest BCUT2D eigenvalue weighted by Crippen LogP contribution is 2.14. The molecule has 1 aromatic carbocycles. The van der Waals surface area contributed by atoms with Crippen LogP contribution in [-0.4, -0.2) is 23.2 Å². The number of carbonyl (C=O) groups excluding carboxylic acids is 2. The van der Waals surface area contributed by atoms with Crippen LogP contribution in [0.2, 0.25) is 0 Å². The van der Waals surface area contributed by atoms with Crippen molar-refractivity contribution < 1.29 is 18.4 Å². The van der Waals surface area contributed by atoms with Gasteiger partial charge in [0.25, 0.3) is 11.8 Å². The van der Waals surface area contributed by atoms with Gasteiger partial charge in [0.05, 0.1) is 0 Å². The number of carbonyl (C=O) groups is 2. The van der Waals surface area contributed by atoms with Crippen LogP contribution in [0.3, 0.4) is 0 Å². The zero-order chi connectivity index (χ0) is 15.2. The second-order valence-electron chi connectivity index (χ2n) is 4.06. The number of aromatic nitrogens is 1. The monoisotopic (exact) mass is 291 g/mol. The van der Waals surface area contributed by atoms with Gasteiger partial charge in [0.1, 0.15) is 0 Å². The molecule has 2 aromatic rings. The molecule has 21 heavy (non-hydrogen) atoms. The number of halogens is 2. The van der Waals surface area contributed by atoms with E-state index < -0.39 is 18.2 Å². The van der Waals surface area contributed by atoms with Crippen molar-refractivity contribution in [1.82, 2.24) is 4.98 Å². The summed E-state index contributed by atoms with van der Waals surface area (Å²) in [6.45, 7) is 0. The number of alkyl halides is 2. The summed E-state index contributed by atoms with van der Waals surface area (Å²) in [5, 5.41) is 4.64. The van der Waals surface area contributed by atoms with E-state index in [1.165, 1.54) is 36.7 Å². The van der Waals surface area contributed by atoms with Crippen molar-refractivity contribution in [1.29, 1.82) is 0 Å². The molecule has 0 saturated heterocycles. The average Bonchev–Trinajstić information content (AvgIpc) is 2.48. The van der Waals surface area contributed by atoms with Gasteiger partial charge < -0.3 is 10.6 Å². The Hall–Kier alpha value is -2.83. The van der Waals surface area contributed by atoms with Crippen molar-refractivity contribution in [2.24, 2.45) is 0 Å². The number of rotatable bonds is 4. The average molecular weight is 291 g/mol. The summed E-state index contributed by atoms with van der Waals surface area (Å²) in [6, 6.07) is 8.96. The van der Waals surface area contributed by atoms with Gasteiger partial charge in [-0.05, 0) is 30.3 Å². The molecule has 0 fully saturated rings. The van der Waals surface area contributed by atoms with E-state index in [2.05, 4.69) is 10.3 Å². The molecule has 0 bridgehead atoms. The van der Waals surface area contributed by atoms with E-state index in [-0.39, 0.29) is 11.3 Å². The first kappa shape index (κ1) is 14.6. The van der Waals surface area contributed by atoms with Crippen molar-refractivity contribution in [2.45, 2.75) is 6.43 Å². The molecule has 0 aliphatic carbocycles. The maximum absolute atomic E-state index is 12.2. The van der Waals surface area contributed by atoms with E-state index in [0.29, 0.717) is 5.69 Å². The fraction of sp³-hybridized carbons (Fsp3) is 0.0714. The molecule has 108 valence electrons. The molecule has 0 unspecified atom stereocenters. The van der Waals surface area contributed by atoms with Crippen LogP contribution in [0.4, 0.5) is 20.2 Å². The number of pyridine rings is 1. The zero-order valence-electron chi connectivity index (χ0n) is 10.7. The predicted molar refractivity (Wildman–Crippen MR) is 73.3 cm³/mol. The quantitative estimate of drug-likeness (QED) is 0.909. The molecule has 2 rings (SSSR count). The second kappa shape index (κ2) is 6.56. The molecule has 0 radical (unpaired) electrons. The summed E-state index contributed by atoms with van der Waals surface area (Å²) >= 11 is 0. The minimum absolute atomic E-state index is 0.127. The van der Waals surface area contributed by atoms with E-state index in [1.54, 1.807) is 12.1 Å². The molecule has 0 saturated carbocycles. The maximum Gasteiger partial charge on any atom is 0.315 e. The molecule has 7 heteroatoms. The van der Waals surface area contributed by atoms with E-state index in [0.717, 1.165) is 0 Å². The van der Waals surface area contributed by atoms with Crippen molar-refractivity contribution in [2.75, 3.05) is 10.6 Å². The number of nitrogens with one attached hydrogen (secondary N) is 2. The van der Waals surface area contributed by atoms with Crippen LogP contribution in [-0.2, 0) is 4.79 Å². The summed E-state index contributed by atoms with van der Waals surface area (Å²) in [6.07, 6.45) is -0.0663. The third-order valence-electron chi connectivity index (χ3n) is 2.53. The van der Waals surface area contributed by atoms with Crippen LogP contribution in [0.1, 0.15) is 10.4 Å². The smallest absolute Gasteiger partial charge is 0.315 e. The summed E-state index contributed by atoms with van der Waals surface area (Å²) in [5.41, 5.74) is 0.915. The number of amides is 2. The Morgan fingerprint density at radius 3 is 2.38 bits per heavy atom. The first-order valence-electron chi connectivity index (χ1n) is 5.97. The number of hydrogen-bond acceptors (Lipinski definition) is 3.